The molecule has 2 N–H and O–H groups in total. The molecule has 1 atom stereocenters. The first-order valence-electron chi connectivity index (χ1n) is 6.65. The lowest BCUT2D eigenvalue weighted by Gasteiger charge is -2.22. The van der Waals surface area contributed by atoms with Crippen LogP contribution in [0.4, 0.5) is 0 Å². The maximum absolute atomic E-state index is 10.9. The standard InChI is InChI=1S/C14H21NO4/c1-10-11(8-12(19-10)13(16)17)9-15-6-3-4-14(2,18)5-7-15/h8,18H,3-7,9H2,1-2H3,(H,16,17). The molecule has 2 heterocycles. The van der Waals surface area contributed by atoms with Gasteiger partial charge in [0.2, 0.25) is 5.76 Å². The Balaban J connectivity index is 2.03. The van der Waals surface area contributed by atoms with E-state index in [0.29, 0.717) is 12.3 Å². The summed E-state index contributed by atoms with van der Waals surface area (Å²) in [6, 6.07) is 1.60. The van der Waals surface area contributed by atoms with Crippen molar-refractivity contribution in [3.63, 3.8) is 0 Å². The van der Waals surface area contributed by atoms with Gasteiger partial charge in [-0.2, -0.15) is 0 Å². The van der Waals surface area contributed by atoms with Crippen molar-refractivity contribution in [3.8, 4) is 0 Å². The number of furan rings is 1. The van der Waals surface area contributed by atoms with Crippen LogP contribution in [-0.4, -0.2) is 39.8 Å². The van der Waals surface area contributed by atoms with E-state index in [2.05, 4.69) is 4.90 Å². The van der Waals surface area contributed by atoms with Crippen LogP contribution in [0.25, 0.3) is 0 Å². The molecule has 5 nitrogen and oxygen atoms in total. The third-order valence-electron chi connectivity index (χ3n) is 3.78. The summed E-state index contributed by atoms with van der Waals surface area (Å²) in [6.45, 7) is 6.08. The monoisotopic (exact) mass is 267 g/mol. The van der Waals surface area contributed by atoms with E-state index in [1.807, 2.05) is 6.92 Å². The van der Waals surface area contributed by atoms with Gasteiger partial charge in [-0.1, -0.05) is 0 Å². The smallest absolute Gasteiger partial charge is 0.371 e. The molecule has 0 amide bonds. The second-order valence-corrected chi connectivity index (χ2v) is 5.62. The van der Waals surface area contributed by atoms with Crippen molar-refractivity contribution in [1.29, 1.82) is 0 Å². The predicted octanol–water partition coefficient (Wildman–Crippen LogP) is 2.02. The number of nitrogens with zero attached hydrogens (tertiary/aromatic N) is 1. The molecule has 2 rings (SSSR count). The number of carboxylic acid groups (broad SMARTS) is 1. The molecule has 0 radical (unpaired) electrons. The zero-order chi connectivity index (χ0) is 14.0. The summed E-state index contributed by atoms with van der Waals surface area (Å²) in [6.07, 6.45) is 2.51. The van der Waals surface area contributed by atoms with Gasteiger partial charge in [-0.25, -0.2) is 4.79 Å². The first-order chi connectivity index (χ1) is 8.87. The van der Waals surface area contributed by atoms with Gasteiger partial charge in [0.05, 0.1) is 5.60 Å². The van der Waals surface area contributed by atoms with Gasteiger partial charge < -0.3 is 14.6 Å². The molecule has 5 heteroatoms. The largest absolute Gasteiger partial charge is 0.475 e. The van der Waals surface area contributed by atoms with Crippen LogP contribution in [-0.2, 0) is 6.54 Å². The Labute approximate surface area is 112 Å². The summed E-state index contributed by atoms with van der Waals surface area (Å²) < 4.78 is 5.21. The fraction of sp³-hybridized carbons (Fsp3) is 0.643. The van der Waals surface area contributed by atoms with Crippen LogP contribution < -0.4 is 0 Å². The van der Waals surface area contributed by atoms with Crippen LogP contribution >= 0.6 is 0 Å². The minimum absolute atomic E-state index is 0.00526. The van der Waals surface area contributed by atoms with Crippen LogP contribution in [0.5, 0.6) is 0 Å². The normalized spacial score (nSPS) is 25.2. The lowest BCUT2D eigenvalue weighted by atomic mass is 9.98. The maximum atomic E-state index is 10.9. The van der Waals surface area contributed by atoms with Crippen molar-refractivity contribution in [2.45, 2.75) is 45.3 Å². The zero-order valence-electron chi connectivity index (χ0n) is 11.5. The number of likely N-dealkylation sites (tertiary alicyclic amines) is 1. The molecule has 106 valence electrons. The van der Waals surface area contributed by atoms with Crippen molar-refractivity contribution in [3.05, 3.63) is 23.2 Å². The van der Waals surface area contributed by atoms with Crippen molar-refractivity contribution in [2.75, 3.05) is 13.1 Å². The molecule has 0 saturated carbocycles. The van der Waals surface area contributed by atoms with Crippen LogP contribution in [0, 0.1) is 6.92 Å². The number of hydrogen-bond donors (Lipinski definition) is 2. The number of aryl methyl sites for hydroxylation is 1. The van der Waals surface area contributed by atoms with E-state index >= 15 is 0 Å². The Kier molecular flexibility index (Phi) is 3.96. The van der Waals surface area contributed by atoms with Gasteiger partial charge in [0, 0.05) is 18.7 Å². The average Bonchev–Trinajstić information content (AvgIpc) is 2.58. The van der Waals surface area contributed by atoms with E-state index in [1.165, 1.54) is 0 Å². The zero-order valence-corrected chi connectivity index (χ0v) is 11.5. The van der Waals surface area contributed by atoms with Crippen molar-refractivity contribution < 1.29 is 19.4 Å². The fourth-order valence-corrected chi connectivity index (χ4v) is 2.50. The number of carboxylic acids is 1. The molecule has 1 aromatic heterocycles. The second kappa shape index (κ2) is 5.35. The number of rotatable bonds is 3. The minimum Gasteiger partial charge on any atom is -0.475 e. The van der Waals surface area contributed by atoms with Crippen LogP contribution in [0.2, 0.25) is 0 Å². The van der Waals surface area contributed by atoms with Crippen molar-refractivity contribution in [1.82, 2.24) is 4.90 Å². The van der Waals surface area contributed by atoms with E-state index in [0.717, 1.165) is 37.9 Å². The summed E-state index contributed by atoms with van der Waals surface area (Å²) in [4.78, 5) is 13.1. The third kappa shape index (κ3) is 3.58. The quantitative estimate of drug-likeness (QED) is 0.876. The first-order valence-corrected chi connectivity index (χ1v) is 6.65. The van der Waals surface area contributed by atoms with E-state index in [1.54, 1.807) is 13.0 Å². The highest BCUT2D eigenvalue weighted by Crippen LogP contribution is 2.24. The molecular formula is C14H21NO4. The average molecular weight is 267 g/mol. The number of aromatic carboxylic acids is 1. The molecule has 0 aliphatic carbocycles. The van der Waals surface area contributed by atoms with Gasteiger partial charge in [0.25, 0.3) is 0 Å². The van der Waals surface area contributed by atoms with E-state index in [-0.39, 0.29) is 5.76 Å². The Morgan fingerprint density at radius 3 is 2.84 bits per heavy atom. The lowest BCUT2D eigenvalue weighted by molar-refractivity contribution is 0.0444. The Bertz CT molecular complexity index is 464. The highest BCUT2D eigenvalue weighted by Gasteiger charge is 2.25. The summed E-state index contributed by atoms with van der Waals surface area (Å²) >= 11 is 0. The van der Waals surface area contributed by atoms with Gasteiger partial charge in [0.1, 0.15) is 5.76 Å². The lowest BCUT2D eigenvalue weighted by Crippen LogP contribution is -2.28. The molecular weight excluding hydrogens is 246 g/mol. The van der Waals surface area contributed by atoms with E-state index in [4.69, 9.17) is 9.52 Å². The molecule has 0 aromatic carbocycles. The van der Waals surface area contributed by atoms with E-state index in [9.17, 15) is 9.90 Å². The Morgan fingerprint density at radius 2 is 2.21 bits per heavy atom. The van der Waals surface area contributed by atoms with Gasteiger partial charge >= 0.3 is 5.97 Å². The van der Waals surface area contributed by atoms with Crippen LogP contribution in [0.1, 0.15) is 48.1 Å². The summed E-state index contributed by atoms with van der Waals surface area (Å²) in [5, 5.41) is 18.9. The molecule has 0 spiro atoms. The number of hydrogen-bond acceptors (Lipinski definition) is 4. The minimum atomic E-state index is -1.03. The Morgan fingerprint density at radius 1 is 1.47 bits per heavy atom. The highest BCUT2D eigenvalue weighted by atomic mass is 16.4. The molecule has 1 aliphatic heterocycles. The topological polar surface area (TPSA) is 73.9 Å². The molecule has 0 bridgehead atoms. The van der Waals surface area contributed by atoms with Gasteiger partial charge in [-0.05, 0) is 45.7 Å². The fourth-order valence-electron chi connectivity index (χ4n) is 2.50. The van der Waals surface area contributed by atoms with Crippen LogP contribution in [0.15, 0.2) is 10.5 Å². The van der Waals surface area contributed by atoms with Crippen molar-refractivity contribution in [2.24, 2.45) is 0 Å². The van der Waals surface area contributed by atoms with Gasteiger partial charge in [0.15, 0.2) is 0 Å². The maximum Gasteiger partial charge on any atom is 0.371 e. The number of aliphatic hydroxyl groups is 1. The Hall–Kier alpha value is -1.33. The van der Waals surface area contributed by atoms with Gasteiger partial charge in [-0.15, -0.1) is 0 Å². The number of carbonyl (C=O) groups is 1. The second-order valence-electron chi connectivity index (χ2n) is 5.62. The molecule has 1 fully saturated rings. The van der Waals surface area contributed by atoms with Crippen molar-refractivity contribution >= 4 is 5.97 Å². The predicted molar refractivity (Wildman–Crippen MR) is 70.2 cm³/mol. The molecule has 1 aromatic rings. The summed E-state index contributed by atoms with van der Waals surface area (Å²) in [5.74, 6) is -0.379. The highest BCUT2D eigenvalue weighted by molar-refractivity contribution is 5.84. The molecule has 1 unspecified atom stereocenters. The first kappa shape index (κ1) is 14.1. The van der Waals surface area contributed by atoms with E-state index < -0.39 is 11.6 Å². The summed E-state index contributed by atoms with van der Waals surface area (Å²) in [5.41, 5.74) is 0.339. The molecule has 1 aliphatic rings. The third-order valence-corrected chi connectivity index (χ3v) is 3.78. The SMILES string of the molecule is Cc1oc(C(=O)O)cc1CN1CCCC(C)(O)CC1. The van der Waals surface area contributed by atoms with Crippen LogP contribution in [0.3, 0.4) is 0 Å². The van der Waals surface area contributed by atoms with Gasteiger partial charge in [-0.3, -0.25) is 4.90 Å². The molecule has 19 heavy (non-hydrogen) atoms. The summed E-state index contributed by atoms with van der Waals surface area (Å²) in [7, 11) is 0. The molecule has 1 saturated heterocycles.